The third-order valence-electron chi connectivity index (χ3n) is 4.24. The van der Waals surface area contributed by atoms with E-state index in [9.17, 15) is 0 Å². The fraction of sp³-hybridized carbons (Fsp3) is 0.706. The Morgan fingerprint density at radius 1 is 1.35 bits per heavy atom. The lowest BCUT2D eigenvalue weighted by atomic mass is 9.93. The lowest BCUT2D eigenvalue weighted by Crippen LogP contribution is -2.39. The molecular weight excluding hydrogens is 246 g/mol. The summed E-state index contributed by atoms with van der Waals surface area (Å²) in [6.45, 7) is 12.1. The summed E-state index contributed by atoms with van der Waals surface area (Å²) >= 11 is 0. The number of nitrogens with one attached hydrogen (secondary N) is 1. The first kappa shape index (κ1) is 15.5. The number of pyridine rings is 1. The smallest absolute Gasteiger partial charge is 0.0544 e. The molecule has 0 aromatic carbocycles. The van der Waals surface area contributed by atoms with Gasteiger partial charge in [0.1, 0.15) is 0 Å². The highest BCUT2D eigenvalue weighted by Crippen LogP contribution is 2.23. The van der Waals surface area contributed by atoms with E-state index >= 15 is 0 Å². The van der Waals surface area contributed by atoms with Crippen molar-refractivity contribution in [3.05, 3.63) is 29.6 Å². The van der Waals surface area contributed by atoms with Crippen LogP contribution in [0.2, 0.25) is 0 Å². The lowest BCUT2D eigenvalue weighted by Gasteiger charge is -2.36. The molecule has 1 saturated heterocycles. The molecule has 0 radical (unpaired) electrons. The molecule has 3 nitrogen and oxygen atoms in total. The van der Waals surface area contributed by atoms with Gasteiger partial charge in [-0.2, -0.15) is 0 Å². The molecule has 0 bridgehead atoms. The maximum absolute atomic E-state index is 4.62. The molecule has 112 valence electrons. The minimum Gasteiger partial charge on any atom is -0.310 e. The van der Waals surface area contributed by atoms with Gasteiger partial charge >= 0.3 is 0 Å². The van der Waals surface area contributed by atoms with E-state index in [0.717, 1.165) is 19.0 Å². The van der Waals surface area contributed by atoms with Crippen LogP contribution in [0.5, 0.6) is 0 Å². The third kappa shape index (κ3) is 4.57. The first-order valence-corrected chi connectivity index (χ1v) is 7.96. The van der Waals surface area contributed by atoms with Crippen molar-refractivity contribution in [2.45, 2.75) is 65.7 Å². The molecule has 0 saturated carbocycles. The fourth-order valence-corrected chi connectivity index (χ4v) is 2.87. The van der Waals surface area contributed by atoms with Crippen LogP contribution >= 0.6 is 0 Å². The number of hydrogen-bond donors (Lipinski definition) is 1. The standard InChI is InChI=1S/C17H29N3/c1-13(2)18-10-16-5-6-17(19-11-16)12-20-8-7-14(3)9-15(20)4/h5-6,11,13-15,18H,7-10,12H2,1-4H3. The van der Waals surface area contributed by atoms with Crippen molar-refractivity contribution in [2.24, 2.45) is 5.92 Å². The number of hydrogen-bond acceptors (Lipinski definition) is 3. The fourth-order valence-electron chi connectivity index (χ4n) is 2.87. The summed E-state index contributed by atoms with van der Waals surface area (Å²) in [5.41, 5.74) is 2.46. The van der Waals surface area contributed by atoms with Crippen LogP contribution in [0, 0.1) is 5.92 Å². The molecule has 2 heterocycles. The quantitative estimate of drug-likeness (QED) is 0.894. The number of aromatic nitrogens is 1. The molecule has 2 unspecified atom stereocenters. The molecule has 1 fully saturated rings. The van der Waals surface area contributed by atoms with Crippen molar-refractivity contribution < 1.29 is 0 Å². The Balaban J connectivity index is 1.87. The summed E-state index contributed by atoms with van der Waals surface area (Å²) in [4.78, 5) is 7.19. The number of likely N-dealkylation sites (tertiary alicyclic amines) is 1. The van der Waals surface area contributed by atoms with E-state index in [0.29, 0.717) is 12.1 Å². The van der Waals surface area contributed by atoms with Gasteiger partial charge in [-0.3, -0.25) is 9.88 Å². The SMILES string of the molecule is CC1CCN(Cc2ccc(CNC(C)C)cn2)C(C)C1. The van der Waals surface area contributed by atoms with Crippen molar-refractivity contribution in [3.8, 4) is 0 Å². The van der Waals surface area contributed by atoms with Crippen molar-refractivity contribution in [2.75, 3.05) is 6.54 Å². The van der Waals surface area contributed by atoms with E-state index in [4.69, 9.17) is 0 Å². The first-order chi connectivity index (χ1) is 9.54. The number of rotatable bonds is 5. The predicted molar refractivity (Wildman–Crippen MR) is 84.5 cm³/mol. The summed E-state index contributed by atoms with van der Waals surface area (Å²) in [6.07, 6.45) is 4.65. The van der Waals surface area contributed by atoms with Gasteiger partial charge in [-0.25, -0.2) is 0 Å². The first-order valence-electron chi connectivity index (χ1n) is 7.96. The van der Waals surface area contributed by atoms with Crippen molar-refractivity contribution in [1.29, 1.82) is 0 Å². The maximum Gasteiger partial charge on any atom is 0.0544 e. The van der Waals surface area contributed by atoms with Crippen molar-refractivity contribution >= 4 is 0 Å². The Morgan fingerprint density at radius 2 is 2.15 bits per heavy atom. The Kier molecular flexibility index (Phi) is 5.55. The molecule has 0 amide bonds. The Labute approximate surface area is 123 Å². The zero-order chi connectivity index (χ0) is 14.5. The number of piperidine rings is 1. The van der Waals surface area contributed by atoms with E-state index in [1.807, 2.05) is 6.20 Å². The highest BCUT2D eigenvalue weighted by atomic mass is 15.2. The van der Waals surface area contributed by atoms with E-state index < -0.39 is 0 Å². The average molecular weight is 275 g/mol. The van der Waals surface area contributed by atoms with E-state index in [1.165, 1.54) is 30.6 Å². The molecule has 1 aromatic rings. The predicted octanol–water partition coefficient (Wildman–Crippen LogP) is 3.20. The van der Waals surface area contributed by atoms with Gasteiger partial charge in [-0.15, -0.1) is 0 Å². The molecular formula is C17H29N3. The van der Waals surface area contributed by atoms with Crippen LogP contribution in [0.15, 0.2) is 18.3 Å². The van der Waals surface area contributed by atoms with Crippen LogP contribution in [0.3, 0.4) is 0 Å². The van der Waals surface area contributed by atoms with Gasteiger partial charge in [0.15, 0.2) is 0 Å². The minimum absolute atomic E-state index is 0.519. The summed E-state index contributed by atoms with van der Waals surface area (Å²) < 4.78 is 0. The average Bonchev–Trinajstić information content (AvgIpc) is 2.41. The van der Waals surface area contributed by atoms with Crippen LogP contribution in [-0.4, -0.2) is 28.5 Å². The second kappa shape index (κ2) is 7.19. The van der Waals surface area contributed by atoms with E-state index in [-0.39, 0.29) is 0 Å². The van der Waals surface area contributed by atoms with Crippen LogP contribution in [-0.2, 0) is 13.1 Å². The van der Waals surface area contributed by atoms with Gasteiger partial charge < -0.3 is 5.32 Å². The Bertz CT molecular complexity index is 399. The second-order valence-corrected chi connectivity index (χ2v) is 6.64. The van der Waals surface area contributed by atoms with E-state index in [1.54, 1.807) is 0 Å². The monoisotopic (exact) mass is 275 g/mol. The number of nitrogens with zero attached hydrogens (tertiary/aromatic N) is 2. The molecule has 0 spiro atoms. The molecule has 0 aliphatic carbocycles. The summed E-state index contributed by atoms with van der Waals surface area (Å²) in [5, 5.41) is 3.42. The highest BCUT2D eigenvalue weighted by Gasteiger charge is 2.22. The molecule has 2 atom stereocenters. The van der Waals surface area contributed by atoms with Crippen LogP contribution in [0.1, 0.15) is 51.8 Å². The molecule has 1 aliphatic rings. The van der Waals surface area contributed by atoms with Crippen LogP contribution in [0.25, 0.3) is 0 Å². The molecule has 1 N–H and O–H groups in total. The normalized spacial score (nSPS) is 24.2. The zero-order valence-corrected chi connectivity index (χ0v) is 13.4. The van der Waals surface area contributed by atoms with Crippen LogP contribution < -0.4 is 5.32 Å². The molecule has 20 heavy (non-hydrogen) atoms. The largest absolute Gasteiger partial charge is 0.310 e. The van der Waals surface area contributed by atoms with Gasteiger partial charge in [-0.1, -0.05) is 26.8 Å². The highest BCUT2D eigenvalue weighted by molar-refractivity contribution is 5.14. The van der Waals surface area contributed by atoms with Crippen molar-refractivity contribution in [1.82, 2.24) is 15.2 Å². The van der Waals surface area contributed by atoms with Gasteiger partial charge in [0, 0.05) is 31.4 Å². The van der Waals surface area contributed by atoms with Gasteiger partial charge in [-0.05, 0) is 43.9 Å². The Hall–Kier alpha value is -0.930. The summed E-state index contributed by atoms with van der Waals surface area (Å²) in [7, 11) is 0. The molecule has 1 aliphatic heterocycles. The molecule has 2 rings (SSSR count). The van der Waals surface area contributed by atoms with Gasteiger partial charge in [0.05, 0.1) is 5.69 Å². The second-order valence-electron chi connectivity index (χ2n) is 6.64. The Morgan fingerprint density at radius 3 is 2.75 bits per heavy atom. The third-order valence-corrected chi connectivity index (χ3v) is 4.24. The maximum atomic E-state index is 4.62. The molecule has 3 heteroatoms. The van der Waals surface area contributed by atoms with Crippen LogP contribution in [0.4, 0.5) is 0 Å². The van der Waals surface area contributed by atoms with Gasteiger partial charge in [0.25, 0.3) is 0 Å². The zero-order valence-electron chi connectivity index (χ0n) is 13.4. The minimum atomic E-state index is 0.519. The topological polar surface area (TPSA) is 28.2 Å². The summed E-state index contributed by atoms with van der Waals surface area (Å²) in [5.74, 6) is 0.874. The van der Waals surface area contributed by atoms with Gasteiger partial charge in [0.2, 0.25) is 0 Å². The van der Waals surface area contributed by atoms with E-state index in [2.05, 4.69) is 55.0 Å². The molecule has 1 aromatic heterocycles. The summed E-state index contributed by atoms with van der Waals surface area (Å²) in [6, 6.07) is 5.59. The lowest BCUT2D eigenvalue weighted by molar-refractivity contribution is 0.120. The van der Waals surface area contributed by atoms with Crippen molar-refractivity contribution in [3.63, 3.8) is 0 Å².